The number of aryl methyl sites for hydroxylation is 1. The third-order valence-corrected chi connectivity index (χ3v) is 5.28. The van der Waals surface area contributed by atoms with Gasteiger partial charge in [-0.1, -0.05) is 24.3 Å². The van der Waals surface area contributed by atoms with E-state index < -0.39 is 0 Å². The number of thiazole rings is 1. The molecular formula is C17H15NO2S2. The molecule has 22 heavy (non-hydrogen) atoms. The van der Waals surface area contributed by atoms with Gasteiger partial charge in [-0.2, -0.15) is 0 Å². The molecule has 0 spiro atoms. The average molecular weight is 329 g/mol. The van der Waals surface area contributed by atoms with Crippen molar-refractivity contribution in [3.8, 4) is 21.0 Å². The molecule has 0 bridgehead atoms. The lowest BCUT2D eigenvalue weighted by atomic mass is 10.1. The van der Waals surface area contributed by atoms with Crippen LogP contribution < -0.4 is 0 Å². The fourth-order valence-corrected chi connectivity index (χ4v) is 3.83. The van der Waals surface area contributed by atoms with Crippen molar-refractivity contribution in [2.45, 2.75) is 13.8 Å². The van der Waals surface area contributed by atoms with Crippen LogP contribution in [-0.4, -0.2) is 17.6 Å². The summed E-state index contributed by atoms with van der Waals surface area (Å²) in [6.07, 6.45) is 0. The zero-order valence-corrected chi connectivity index (χ0v) is 14.0. The number of nitrogens with zero attached hydrogens (tertiary/aromatic N) is 1. The molecule has 5 heteroatoms. The van der Waals surface area contributed by atoms with Gasteiger partial charge in [-0.25, -0.2) is 9.78 Å². The van der Waals surface area contributed by atoms with Crippen LogP contribution in [0.4, 0.5) is 0 Å². The van der Waals surface area contributed by atoms with E-state index in [1.54, 1.807) is 18.3 Å². The quantitative estimate of drug-likeness (QED) is 0.631. The smallest absolute Gasteiger partial charge is 0.350 e. The molecule has 0 unspecified atom stereocenters. The Morgan fingerprint density at radius 1 is 1.23 bits per heavy atom. The second-order valence-corrected chi connectivity index (χ2v) is 6.66. The average Bonchev–Trinajstić information content (AvgIpc) is 3.17. The fourth-order valence-electron chi connectivity index (χ4n) is 2.15. The molecule has 0 N–H and O–H groups in total. The minimum absolute atomic E-state index is 0.293. The first-order chi connectivity index (χ1) is 10.7. The summed E-state index contributed by atoms with van der Waals surface area (Å²) in [6, 6.07) is 12.4. The molecule has 3 nitrogen and oxygen atoms in total. The third kappa shape index (κ3) is 2.96. The van der Waals surface area contributed by atoms with Gasteiger partial charge in [0, 0.05) is 10.4 Å². The van der Waals surface area contributed by atoms with Gasteiger partial charge >= 0.3 is 5.97 Å². The number of carbonyl (C=O) groups is 1. The van der Waals surface area contributed by atoms with Gasteiger partial charge in [0.05, 0.1) is 12.3 Å². The molecule has 2 aromatic heterocycles. The van der Waals surface area contributed by atoms with Gasteiger partial charge in [-0.05, 0) is 36.9 Å². The maximum absolute atomic E-state index is 11.9. The van der Waals surface area contributed by atoms with Crippen molar-refractivity contribution in [2.75, 3.05) is 6.61 Å². The monoisotopic (exact) mass is 329 g/mol. The summed E-state index contributed by atoms with van der Waals surface area (Å²) in [7, 11) is 0. The minimum Gasteiger partial charge on any atom is -0.462 e. The number of hydrogen-bond donors (Lipinski definition) is 0. The Labute approximate surface area is 137 Å². The van der Waals surface area contributed by atoms with E-state index in [1.807, 2.05) is 25.1 Å². The van der Waals surface area contributed by atoms with Gasteiger partial charge in [-0.15, -0.1) is 22.7 Å². The highest BCUT2D eigenvalue weighted by molar-refractivity contribution is 7.17. The summed E-state index contributed by atoms with van der Waals surface area (Å²) >= 11 is 3.09. The van der Waals surface area contributed by atoms with E-state index in [-0.39, 0.29) is 5.97 Å². The highest BCUT2D eigenvalue weighted by atomic mass is 32.1. The van der Waals surface area contributed by atoms with Crippen LogP contribution in [0, 0.1) is 6.92 Å². The van der Waals surface area contributed by atoms with Crippen LogP contribution in [0.2, 0.25) is 0 Å². The maximum atomic E-state index is 11.9. The Bertz CT molecular complexity index is 791. The number of ether oxygens (including phenoxy) is 1. The molecule has 0 atom stereocenters. The Morgan fingerprint density at radius 3 is 2.77 bits per heavy atom. The van der Waals surface area contributed by atoms with E-state index in [2.05, 4.69) is 28.6 Å². The summed E-state index contributed by atoms with van der Waals surface area (Å²) < 4.78 is 5.07. The number of benzene rings is 1. The zero-order valence-electron chi connectivity index (χ0n) is 12.3. The van der Waals surface area contributed by atoms with E-state index in [9.17, 15) is 4.79 Å². The molecule has 0 fully saturated rings. The molecule has 0 amide bonds. The summed E-state index contributed by atoms with van der Waals surface area (Å²) in [6.45, 7) is 4.02. The molecule has 0 radical (unpaired) electrons. The van der Waals surface area contributed by atoms with Gasteiger partial charge in [0.25, 0.3) is 0 Å². The van der Waals surface area contributed by atoms with Crippen LogP contribution in [0.1, 0.15) is 22.3 Å². The highest BCUT2D eigenvalue weighted by Gasteiger charge is 2.17. The van der Waals surface area contributed by atoms with Crippen molar-refractivity contribution in [1.29, 1.82) is 0 Å². The van der Waals surface area contributed by atoms with Gasteiger partial charge in [0.1, 0.15) is 9.88 Å². The van der Waals surface area contributed by atoms with Gasteiger partial charge in [-0.3, -0.25) is 0 Å². The van der Waals surface area contributed by atoms with Gasteiger partial charge < -0.3 is 4.74 Å². The number of thiophene rings is 1. The van der Waals surface area contributed by atoms with Crippen LogP contribution >= 0.6 is 22.7 Å². The summed E-state index contributed by atoms with van der Waals surface area (Å²) in [4.78, 5) is 18.2. The summed E-state index contributed by atoms with van der Waals surface area (Å²) in [5.74, 6) is -0.293. The third-order valence-electron chi connectivity index (χ3n) is 3.17. The van der Waals surface area contributed by atoms with Crippen LogP contribution in [0.25, 0.3) is 21.0 Å². The fraction of sp³-hybridized carbons (Fsp3) is 0.176. The van der Waals surface area contributed by atoms with E-state index in [1.165, 1.54) is 16.2 Å². The van der Waals surface area contributed by atoms with Crippen LogP contribution in [0.15, 0.2) is 41.8 Å². The summed E-state index contributed by atoms with van der Waals surface area (Å²) in [5, 5.41) is 2.91. The Balaban J connectivity index is 1.97. The molecule has 0 saturated carbocycles. The molecule has 0 saturated heterocycles. The zero-order chi connectivity index (χ0) is 15.5. The Hall–Kier alpha value is -1.98. The molecule has 0 aliphatic heterocycles. The maximum Gasteiger partial charge on any atom is 0.350 e. The van der Waals surface area contributed by atoms with Crippen molar-refractivity contribution in [3.63, 3.8) is 0 Å². The minimum atomic E-state index is -0.293. The molecular weight excluding hydrogens is 314 g/mol. The van der Waals surface area contributed by atoms with Crippen LogP contribution in [-0.2, 0) is 4.74 Å². The second kappa shape index (κ2) is 6.42. The summed E-state index contributed by atoms with van der Waals surface area (Å²) in [5.41, 5.74) is 2.91. The number of carbonyl (C=O) groups excluding carboxylic acids is 1. The largest absolute Gasteiger partial charge is 0.462 e. The van der Waals surface area contributed by atoms with Crippen molar-refractivity contribution in [3.05, 3.63) is 52.3 Å². The van der Waals surface area contributed by atoms with Crippen LogP contribution in [0.5, 0.6) is 0 Å². The van der Waals surface area contributed by atoms with Gasteiger partial charge in [0.15, 0.2) is 0 Å². The standard InChI is InChI=1S/C17H15NO2S2/c1-3-20-17(19)15-11(2)18-16(22-15)13-7-4-6-12(10-13)14-8-5-9-21-14/h4-10H,3H2,1-2H3. The van der Waals surface area contributed by atoms with Crippen molar-refractivity contribution in [2.24, 2.45) is 0 Å². The SMILES string of the molecule is CCOC(=O)c1sc(-c2cccc(-c3cccs3)c2)nc1C. The van der Waals surface area contributed by atoms with E-state index in [4.69, 9.17) is 4.74 Å². The topological polar surface area (TPSA) is 39.2 Å². The first-order valence-corrected chi connectivity index (χ1v) is 8.67. The Kier molecular flexibility index (Phi) is 4.36. The number of rotatable bonds is 4. The molecule has 3 rings (SSSR count). The Morgan fingerprint density at radius 2 is 2.05 bits per heavy atom. The molecule has 0 aliphatic carbocycles. The normalized spacial score (nSPS) is 10.6. The van der Waals surface area contributed by atoms with E-state index in [0.717, 1.165) is 21.8 Å². The first-order valence-electron chi connectivity index (χ1n) is 6.98. The first kappa shape index (κ1) is 14.9. The van der Waals surface area contributed by atoms with E-state index >= 15 is 0 Å². The molecule has 112 valence electrons. The van der Waals surface area contributed by atoms with Crippen molar-refractivity contribution >= 4 is 28.6 Å². The number of esters is 1. The number of aromatic nitrogens is 1. The lowest BCUT2D eigenvalue weighted by molar-refractivity contribution is 0.0531. The molecule has 0 aliphatic rings. The molecule has 1 aromatic carbocycles. The van der Waals surface area contributed by atoms with Crippen LogP contribution in [0.3, 0.4) is 0 Å². The van der Waals surface area contributed by atoms with Gasteiger partial charge in [0.2, 0.25) is 0 Å². The number of hydrogen-bond acceptors (Lipinski definition) is 5. The van der Waals surface area contributed by atoms with Crippen molar-refractivity contribution in [1.82, 2.24) is 4.98 Å². The predicted octanol–water partition coefficient (Wildman–Crippen LogP) is 5.02. The second-order valence-electron chi connectivity index (χ2n) is 4.71. The predicted molar refractivity (Wildman–Crippen MR) is 91.6 cm³/mol. The van der Waals surface area contributed by atoms with E-state index in [0.29, 0.717) is 11.5 Å². The molecule has 3 aromatic rings. The van der Waals surface area contributed by atoms with Crippen molar-refractivity contribution < 1.29 is 9.53 Å². The lowest BCUT2D eigenvalue weighted by Gasteiger charge is -2.01. The lowest BCUT2D eigenvalue weighted by Crippen LogP contribution is -2.03. The molecule has 2 heterocycles. The highest BCUT2D eigenvalue weighted by Crippen LogP contribution is 2.32.